The van der Waals surface area contributed by atoms with Crippen LogP contribution < -0.4 is 16.5 Å². The number of alkyl halides is 1. The number of nitrogens with two attached hydrogens (primary N) is 1. The normalized spacial score (nSPS) is 23.0. The van der Waals surface area contributed by atoms with Crippen molar-refractivity contribution in [3.05, 3.63) is 59.3 Å². The number of aliphatic imine (C=N–C) groups is 1. The minimum Gasteiger partial charge on any atom is -0.385 e. The number of amides is 2. The standard InChI is InChI=1S/C21H26ClFN4O4/c1-13-11-15(7-8-17(13)22)30-12-19(28)25-9-10-26-20(29)21(31-24)27-14(2)16-5-3-4-6-18(16)23/h3-8,15-16,18H,2,9-12,24H2,1H3,(H,25,28)(H,26,29)/b27-21-. The van der Waals surface area contributed by atoms with E-state index in [1.807, 2.05) is 6.92 Å². The summed E-state index contributed by atoms with van der Waals surface area (Å²) in [5.41, 5.74) is 1.09. The van der Waals surface area contributed by atoms with E-state index >= 15 is 0 Å². The number of nitrogens with one attached hydrogen (secondary N) is 2. The van der Waals surface area contributed by atoms with Crippen LogP contribution in [0.25, 0.3) is 0 Å². The van der Waals surface area contributed by atoms with Crippen molar-refractivity contribution in [1.82, 2.24) is 10.6 Å². The molecule has 3 atom stereocenters. The van der Waals surface area contributed by atoms with E-state index in [2.05, 4.69) is 27.0 Å². The summed E-state index contributed by atoms with van der Waals surface area (Å²) >= 11 is 5.98. The number of nitrogens with zero attached hydrogens (tertiary/aromatic N) is 1. The molecule has 0 heterocycles. The number of hydrogen-bond acceptors (Lipinski definition) is 6. The molecule has 31 heavy (non-hydrogen) atoms. The molecule has 0 aliphatic heterocycles. The van der Waals surface area contributed by atoms with Crippen LogP contribution in [0.3, 0.4) is 0 Å². The van der Waals surface area contributed by atoms with Gasteiger partial charge in [-0.1, -0.05) is 48.1 Å². The number of halogens is 2. The summed E-state index contributed by atoms with van der Waals surface area (Å²) in [7, 11) is 0. The van der Waals surface area contributed by atoms with Crippen LogP contribution in [0.2, 0.25) is 0 Å². The van der Waals surface area contributed by atoms with Crippen molar-refractivity contribution >= 4 is 29.3 Å². The first kappa shape index (κ1) is 24.5. The van der Waals surface area contributed by atoms with Gasteiger partial charge in [0, 0.05) is 23.8 Å². The van der Waals surface area contributed by atoms with Gasteiger partial charge in [-0.3, -0.25) is 9.59 Å². The molecular formula is C21H26ClFN4O4. The Morgan fingerprint density at radius 3 is 2.68 bits per heavy atom. The topological polar surface area (TPSA) is 115 Å². The second kappa shape index (κ2) is 12.2. The van der Waals surface area contributed by atoms with E-state index < -0.39 is 23.9 Å². The van der Waals surface area contributed by atoms with Gasteiger partial charge < -0.3 is 20.2 Å². The third-order valence-electron chi connectivity index (χ3n) is 4.54. The summed E-state index contributed by atoms with van der Waals surface area (Å²) in [5.74, 6) is 2.89. The van der Waals surface area contributed by atoms with Crippen molar-refractivity contribution in [2.45, 2.75) is 25.6 Å². The maximum absolute atomic E-state index is 13.9. The Bertz CT molecular complexity index is 850. The molecule has 0 spiro atoms. The van der Waals surface area contributed by atoms with Gasteiger partial charge in [-0.05, 0) is 25.5 Å². The van der Waals surface area contributed by atoms with Crippen molar-refractivity contribution in [2.75, 3.05) is 19.7 Å². The maximum Gasteiger partial charge on any atom is 0.308 e. The van der Waals surface area contributed by atoms with E-state index in [4.69, 9.17) is 22.2 Å². The Labute approximate surface area is 185 Å². The molecule has 10 heteroatoms. The molecule has 2 rings (SSSR count). The van der Waals surface area contributed by atoms with E-state index in [1.165, 1.54) is 6.08 Å². The Kier molecular flexibility index (Phi) is 9.64. The van der Waals surface area contributed by atoms with Crippen LogP contribution in [0.1, 0.15) is 13.3 Å². The van der Waals surface area contributed by atoms with Gasteiger partial charge in [-0.2, -0.15) is 5.90 Å². The fourth-order valence-corrected chi connectivity index (χ4v) is 2.96. The molecule has 0 fully saturated rings. The van der Waals surface area contributed by atoms with Gasteiger partial charge in [0.1, 0.15) is 12.8 Å². The molecule has 2 aliphatic carbocycles. The second-order valence-electron chi connectivity index (χ2n) is 6.91. The van der Waals surface area contributed by atoms with Crippen molar-refractivity contribution < 1.29 is 23.6 Å². The molecule has 0 saturated carbocycles. The van der Waals surface area contributed by atoms with E-state index in [0.29, 0.717) is 11.5 Å². The highest BCUT2D eigenvalue weighted by Crippen LogP contribution is 2.24. The number of hydrogen-bond donors (Lipinski definition) is 3. The average molecular weight is 453 g/mol. The molecule has 4 N–H and O–H groups in total. The van der Waals surface area contributed by atoms with Gasteiger partial charge in [-0.25, -0.2) is 9.38 Å². The van der Waals surface area contributed by atoms with Crippen LogP contribution in [0, 0.1) is 5.92 Å². The predicted octanol–water partition coefficient (Wildman–Crippen LogP) is 1.96. The fraction of sp³-hybridized carbons (Fsp3) is 0.381. The zero-order valence-corrected chi connectivity index (χ0v) is 17.9. The van der Waals surface area contributed by atoms with E-state index in [9.17, 15) is 14.0 Å². The number of carbonyl (C=O) groups excluding carboxylic acids is 2. The smallest absolute Gasteiger partial charge is 0.308 e. The highest BCUT2D eigenvalue weighted by atomic mass is 35.5. The van der Waals surface area contributed by atoms with Crippen molar-refractivity contribution in [3.8, 4) is 0 Å². The number of allylic oxidation sites excluding steroid dienone is 6. The third kappa shape index (κ3) is 7.78. The minimum absolute atomic E-state index is 0.0947. The Hall–Kier alpha value is -2.75. The van der Waals surface area contributed by atoms with Gasteiger partial charge in [-0.15, -0.1) is 0 Å². The van der Waals surface area contributed by atoms with Crippen LogP contribution in [0.15, 0.2) is 64.3 Å². The molecule has 8 nitrogen and oxygen atoms in total. The lowest BCUT2D eigenvalue weighted by Gasteiger charge is -2.18. The highest BCUT2D eigenvalue weighted by molar-refractivity contribution is 6.35. The summed E-state index contributed by atoms with van der Waals surface area (Å²) in [5, 5.41) is 5.80. The average Bonchev–Trinajstić information content (AvgIpc) is 2.75. The lowest BCUT2D eigenvalue weighted by Crippen LogP contribution is -2.40. The molecule has 0 aromatic carbocycles. The largest absolute Gasteiger partial charge is 0.385 e. The molecule has 168 valence electrons. The Balaban J connectivity index is 1.69. The van der Waals surface area contributed by atoms with Gasteiger partial charge in [0.15, 0.2) is 0 Å². The summed E-state index contributed by atoms with van der Waals surface area (Å²) < 4.78 is 19.4. The van der Waals surface area contributed by atoms with Crippen molar-refractivity contribution in [3.63, 3.8) is 0 Å². The highest BCUT2D eigenvalue weighted by Gasteiger charge is 2.23. The van der Waals surface area contributed by atoms with Crippen LogP contribution >= 0.6 is 11.6 Å². The monoisotopic (exact) mass is 452 g/mol. The first-order chi connectivity index (χ1) is 14.8. The van der Waals surface area contributed by atoms with E-state index in [1.54, 1.807) is 30.4 Å². The molecule has 0 radical (unpaired) electrons. The summed E-state index contributed by atoms with van der Waals surface area (Å²) in [4.78, 5) is 32.4. The molecule has 3 unspecified atom stereocenters. The van der Waals surface area contributed by atoms with Crippen LogP contribution in [0.4, 0.5) is 4.39 Å². The summed E-state index contributed by atoms with van der Waals surface area (Å²) in [6, 6.07) is 0. The molecule has 0 aromatic rings. The van der Waals surface area contributed by atoms with Crippen molar-refractivity contribution in [1.29, 1.82) is 0 Å². The Morgan fingerprint density at radius 1 is 1.29 bits per heavy atom. The number of ether oxygens (including phenoxy) is 1. The zero-order chi connectivity index (χ0) is 22.8. The summed E-state index contributed by atoms with van der Waals surface area (Å²) in [6.45, 7) is 5.70. The molecule has 0 saturated heterocycles. The van der Waals surface area contributed by atoms with Crippen LogP contribution in [-0.2, 0) is 19.2 Å². The van der Waals surface area contributed by atoms with E-state index in [-0.39, 0.29) is 37.4 Å². The quantitative estimate of drug-likeness (QED) is 0.225. The van der Waals surface area contributed by atoms with Gasteiger partial charge in [0.05, 0.1) is 12.0 Å². The van der Waals surface area contributed by atoms with Crippen LogP contribution in [-0.4, -0.2) is 49.7 Å². The molecule has 2 amide bonds. The van der Waals surface area contributed by atoms with Gasteiger partial charge >= 0.3 is 11.8 Å². The second-order valence-corrected chi connectivity index (χ2v) is 7.32. The molecular weight excluding hydrogens is 427 g/mol. The Morgan fingerprint density at radius 2 is 2.00 bits per heavy atom. The lowest BCUT2D eigenvalue weighted by atomic mass is 9.96. The third-order valence-corrected chi connectivity index (χ3v) is 4.99. The zero-order valence-electron chi connectivity index (χ0n) is 17.1. The molecule has 0 bridgehead atoms. The van der Waals surface area contributed by atoms with Crippen molar-refractivity contribution in [2.24, 2.45) is 16.8 Å². The lowest BCUT2D eigenvalue weighted by molar-refractivity contribution is -0.127. The first-order valence-corrected chi connectivity index (χ1v) is 10.0. The minimum atomic E-state index is -1.30. The molecule has 2 aliphatic rings. The van der Waals surface area contributed by atoms with Gasteiger partial charge in [0.2, 0.25) is 5.91 Å². The number of rotatable bonds is 8. The maximum atomic E-state index is 13.9. The summed E-state index contributed by atoms with van der Waals surface area (Å²) in [6.07, 6.45) is 8.84. The first-order valence-electron chi connectivity index (χ1n) is 9.65. The van der Waals surface area contributed by atoms with Crippen LogP contribution in [0.5, 0.6) is 0 Å². The number of carbonyl (C=O) groups is 2. The fourth-order valence-electron chi connectivity index (χ4n) is 2.81. The molecule has 0 aromatic heterocycles. The SMILES string of the molecule is C=C(/N=C(\ON)C(=O)NCCNC(=O)COC1C=CC(Cl)=C(C)C1)C1C=CC=CC1F. The van der Waals surface area contributed by atoms with E-state index in [0.717, 1.165) is 5.57 Å². The predicted molar refractivity (Wildman–Crippen MR) is 117 cm³/mol. The van der Waals surface area contributed by atoms with Gasteiger partial charge in [0.25, 0.3) is 0 Å².